The molecule has 0 aliphatic heterocycles. The second kappa shape index (κ2) is 8.74. The van der Waals surface area contributed by atoms with Gasteiger partial charge in [-0.3, -0.25) is 0 Å². The van der Waals surface area contributed by atoms with Gasteiger partial charge in [-0.2, -0.15) is 0 Å². The van der Waals surface area contributed by atoms with Crippen LogP contribution in [0.1, 0.15) is 29.7 Å². The van der Waals surface area contributed by atoms with Gasteiger partial charge in [-0.1, -0.05) is 0 Å². The Balaban J connectivity index is 2.58. The van der Waals surface area contributed by atoms with Gasteiger partial charge in [-0.15, -0.1) is 11.3 Å². The Labute approximate surface area is 125 Å². The standard InChI is InChI=1S/C13H24N2O3S2/c1-11-10-19-12(9-14-2)13(11)20(16,17)15-7-5-4-6-8-18-3/h10,14-15H,4-9H2,1-3H3. The Morgan fingerprint density at radius 3 is 2.70 bits per heavy atom. The average molecular weight is 320 g/mol. The zero-order valence-corrected chi connectivity index (χ0v) is 14.0. The molecule has 0 spiro atoms. The molecule has 0 radical (unpaired) electrons. The number of aryl methyl sites for hydroxylation is 1. The largest absolute Gasteiger partial charge is 0.385 e. The topological polar surface area (TPSA) is 67.4 Å². The molecule has 0 fully saturated rings. The van der Waals surface area contributed by atoms with Crippen molar-refractivity contribution in [3.05, 3.63) is 15.8 Å². The van der Waals surface area contributed by atoms with Crippen LogP contribution in [-0.4, -0.2) is 35.7 Å². The van der Waals surface area contributed by atoms with Crippen molar-refractivity contribution in [1.29, 1.82) is 0 Å². The van der Waals surface area contributed by atoms with Gasteiger partial charge < -0.3 is 10.1 Å². The maximum atomic E-state index is 12.3. The predicted octanol–water partition coefficient (Wildman–Crippen LogP) is 1.87. The van der Waals surface area contributed by atoms with Crippen molar-refractivity contribution in [2.24, 2.45) is 0 Å². The molecule has 0 unspecified atom stereocenters. The average Bonchev–Trinajstić information content (AvgIpc) is 2.76. The highest BCUT2D eigenvalue weighted by Crippen LogP contribution is 2.26. The third-order valence-electron chi connectivity index (χ3n) is 2.91. The van der Waals surface area contributed by atoms with E-state index < -0.39 is 10.0 Å². The number of hydrogen-bond donors (Lipinski definition) is 2. The fourth-order valence-electron chi connectivity index (χ4n) is 1.96. The molecule has 0 aliphatic carbocycles. The van der Waals surface area contributed by atoms with Crippen LogP contribution in [0.15, 0.2) is 10.3 Å². The normalized spacial score (nSPS) is 11.9. The summed E-state index contributed by atoms with van der Waals surface area (Å²) in [5.41, 5.74) is 0.812. The van der Waals surface area contributed by atoms with Crippen LogP contribution in [0.3, 0.4) is 0 Å². The van der Waals surface area contributed by atoms with Crippen molar-refractivity contribution in [2.75, 3.05) is 27.3 Å². The van der Waals surface area contributed by atoms with E-state index in [1.807, 2.05) is 19.4 Å². The zero-order valence-electron chi connectivity index (χ0n) is 12.4. The summed E-state index contributed by atoms with van der Waals surface area (Å²) in [5, 5.41) is 4.89. The van der Waals surface area contributed by atoms with Crippen molar-refractivity contribution in [1.82, 2.24) is 10.0 Å². The highest BCUT2D eigenvalue weighted by atomic mass is 32.2. The summed E-state index contributed by atoms with van der Waals surface area (Å²) in [6, 6.07) is 0. The summed E-state index contributed by atoms with van der Waals surface area (Å²) >= 11 is 1.48. The molecule has 0 atom stereocenters. The Hall–Kier alpha value is -0.470. The lowest BCUT2D eigenvalue weighted by Crippen LogP contribution is -2.26. The number of rotatable bonds is 10. The molecule has 2 N–H and O–H groups in total. The molecule has 116 valence electrons. The fraction of sp³-hybridized carbons (Fsp3) is 0.692. The van der Waals surface area contributed by atoms with E-state index in [0.29, 0.717) is 18.0 Å². The summed E-state index contributed by atoms with van der Waals surface area (Å²) in [5.74, 6) is 0. The second-order valence-corrected chi connectivity index (χ2v) is 7.32. The molecule has 1 heterocycles. The Morgan fingerprint density at radius 1 is 1.30 bits per heavy atom. The highest BCUT2D eigenvalue weighted by Gasteiger charge is 2.21. The van der Waals surface area contributed by atoms with Gasteiger partial charge in [0.1, 0.15) is 4.90 Å². The van der Waals surface area contributed by atoms with E-state index in [1.54, 1.807) is 7.11 Å². The van der Waals surface area contributed by atoms with Gasteiger partial charge in [-0.05, 0) is 44.2 Å². The first-order chi connectivity index (χ1) is 9.53. The van der Waals surface area contributed by atoms with E-state index in [-0.39, 0.29) is 0 Å². The molecular weight excluding hydrogens is 296 g/mol. The molecule has 20 heavy (non-hydrogen) atoms. The lowest BCUT2D eigenvalue weighted by atomic mass is 10.2. The van der Waals surface area contributed by atoms with E-state index in [4.69, 9.17) is 4.74 Å². The van der Waals surface area contributed by atoms with E-state index in [0.717, 1.165) is 36.3 Å². The molecule has 0 aromatic carbocycles. The van der Waals surface area contributed by atoms with E-state index in [9.17, 15) is 8.42 Å². The third-order valence-corrected chi connectivity index (χ3v) is 5.84. The maximum absolute atomic E-state index is 12.3. The van der Waals surface area contributed by atoms with Crippen LogP contribution in [0.2, 0.25) is 0 Å². The molecule has 0 saturated carbocycles. The third kappa shape index (κ3) is 5.14. The molecular formula is C13H24N2O3S2. The SMILES string of the molecule is CNCc1scc(C)c1S(=O)(=O)NCCCCCOC. The van der Waals surface area contributed by atoms with Gasteiger partial charge in [-0.25, -0.2) is 13.1 Å². The number of nitrogens with one attached hydrogen (secondary N) is 2. The van der Waals surface area contributed by atoms with Crippen LogP contribution in [0.5, 0.6) is 0 Å². The second-order valence-electron chi connectivity index (χ2n) is 4.65. The number of hydrogen-bond acceptors (Lipinski definition) is 5. The van der Waals surface area contributed by atoms with Gasteiger partial charge in [0.25, 0.3) is 0 Å². The van der Waals surface area contributed by atoms with Crippen molar-refractivity contribution < 1.29 is 13.2 Å². The molecule has 1 rings (SSSR count). The predicted molar refractivity (Wildman–Crippen MR) is 82.7 cm³/mol. The van der Waals surface area contributed by atoms with Crippen LogP contribution in [0, 0.1) is 6.92 Å². The Bertz CT molecular complexity index is 498. The van der Waals surface area contributed by atoms with Gasteiger partial charge in [0, 0.05) is 31.7 Å². The molecule has 0 amide bonds. The minimum atomic E-state index is -3.40. The highest BCUT2D eigenvalue weighted by molar-refractivity contribution is 7.89. The first-order valence-corrected chi connectivity index (χ1v) is 9.09. The molecule has 0 bridgehead atoms. The van der Waals surface area contributed by atoms with Gasteiger partial charge in [0.2, 0.25) is 10.0 Å². The monoisotopic (exact) mass is 320 g/mol. The van der Waals surface area contributed by atoms with Gasteiger partial charge >= 0.3 is 0 Å². The van der Waals surface area contributed by atoms with Gasteiger partial charge in [0.05, 0.1) is 0 Å². The number of methoxy groups -OCH3 is 1. The number of ether oxygens (including phenoxy) is 1. The van der Waals surface area contributed by atoms with Crippen molar-refractivity contribution in [2.45, 2.75) is 37.6 Å². The number of thiophene rings is 1. The molecule has 5 nitrogen and oxygen atoms in total. The Morgan fingerprint density at radius 2 is 2.05 bits per heavy atom. The summed E-state index contributed by atoms with van der Waals surface area (Å²) < 4.78 is 32.3. The van der Waals surface area contributed by atoms with E-state index >= 15 is 0 Å². The quantitative estimate of drug-likeness (QED) is 0.646. The minimum Gasteiger partial charge on any atom is -0.385 e. The van der Waals surface area contributed by atoms with Crippen LogP contribution >= 0.6 is 11.3 Å². The van der Waals surface area contributed by atoms with E-state index in [1.165, 1.54) is 11.3 Å². The Kier molecular flexibility index (Phi) is 7.68. The molecule has 1 aromatic rings. The van der Waals surface area contributed by atoms with Crippen LogP contribution in [0.25, 0.3) is 0 Å². The summed E-state index contributed by atoms with van der Waals surface area (Å²) in [4.78, 5) is 1.30. The first-order valence-electron chi connectivity index (χ1n) is 6.73. The van der Waals surface area contributed by atoms with E-state index in [2.05, 4.69) is 10.0 Å². The number of unbranched alkanes of at least 4 members (excludes halogenated alkanes) is 2. The maximum Gasteiger partial charge on any atom is 0.241 e. The minimum absolute atomic E-state index is 0.439. The smallest absolute Gasteiger partial charge is 0.241 e. The summed E-state index contributed by atoms with van der Waals surface area (Å²) in [6.07, 6.45) is 2.75. The lowest BCUT2D eigenvalue weighted by Gasteiger charge is -2.09. The fourth-order valence-corrected chi connectivity index (χ4v) is 4.85. The first kappa shape index (κ1) is 17.6. The number of sulfonamides is 1. The van der Waals surface area contributed by atoms with Crippen molar-refractivity contribution in [3.8, 4) is 0 Å². The lowest BCUT2D eigenvalue weighted by molar-refractivity contribution is 0.192. The van der Waals surface area contributed by atoms with Gasteiger partial charge in [0.15, 0.2) is 0 Å². The summed E-state index contributed by atoms with van der Waals surface area (Å²) in [7, 11) is 0.0821. The van der Waals surface area contributed by atoms with Crippen LogP contribution in [0.4, 0.5) is 0 Å². The molecule has 7 heteroatoms. The summed E-state index contributed by atoms with van der Waals surface area (Å²) in [6.45, 7) is 3.61. The zero-order chi connectivity index (χ0) is 15.0. The molecule has 0 aliphatic rings. The van der Waals surface area contributed by atoms with Crippen molar-refractivity contribution in [3.63, 3.8) is 0 Å². The van der Waals surface area contributed by atoms with Crippen LogP contribution in [-0.2, 0) is 21.3 Å². The van der Waals surface area contributed by atoms with Crippen LogP contribution < -0.4 is 10.0 Å². The van der Waals surface area contributed by atoms with Crippen molar-refractivity contribution >= 4 is 21.4 Å². The molecule has 1 aromatic heterocycles. The molecule has 0 saturated heterocycles.